The Morgan fingerprint density at radius 1 is 1.13 bits per heavy atom. The van der Waals surface area contributed by atoms with Crippen molar-refractivity contribution in [2.24, 2.45) is 0 Å². The topological polar surface area (TPSA) is 74.3 Å². The molecule has 0 spiro atoms. The molecular formula is C24H25FN4O2. The first-order chi connectivity index (χ1) is 15.1. The zero-order chi connectivity index (χ0) is 21.8. The van der Waals surface area contributed by atoms with Crippen LogP contribution in [0.5, 0.6) is 0 Å². The highest BCUT2D eigenvalue weighted by atomic mass is 19.1. The van der Waals surface area contributed by atoms with E-state index >= 15 is 0 Å². The molecule has 1 aromatic heterocycles. The molecule has 160 valence electrons. The fourth-order valence-corrected chi connectivity index (χ4v) is 3.97. The lowest BCUT2D eigenvalue weighted by molar-refractivity contribution is 0.0159. The van der Waals surface area contributed by atoms with Crippen molar-refractivity contribution in [2.45, 2.75) is 25.9 Å². The Labute approximate surface area is 181 Å². The zero-order valence-electron chi connectivity index (χ0n) is 17.5. The summed E-state index contributed by atoms with van der Waals surface area (Å²) in [7, 11) is 0. The molecule has 0 bridgehead atoms. The highest BCUT2D eigenvalue weighted by molar-refractivity contribution is 5.64. The molecule has 1 saturated heterocycles. The van der Waals surface area contributed by atoms with E-state index in [1.807, 2.05) is 31.2 Å². The van der Waals surface area contributed by atoms with Crippen LogP contribution < -0.4 is 4.90 Å². The fourth-order valence-electron chi connectivity index (χ4n) is 3.97. The number of nitriles is 1. The van der Waals surface area contributed by atoms with E-state index in [0.717, 1.165) is 48.7 Å². The lowest BCUT2D eigenvalue weighted by Crippen LogP contribution is -2.37. The van der Waals surface area contributed by atoms with Crippen molar-refractivity contribution < 1.29 is 14.2 Å². The molecule has 1 fully saturated rings. The molecule has 0 unspecified atom stereocenters. The summed E-state index contributed by atoms with van der Waals surface area (Å²) >= 11 is 0. The minimum absolute atomic E-state index is 0.0291. The van der Waals surface area contributed by atoms with Crippen LogP contribution in [0.25, 0.3) is 16.9 Å². The van der Waals surface area contributed by atoms with Crippen LogP contribution in [0, 0.1) is 24.1 Å². The Hall–Kier alpha value is -3.21. The fraction of sp³-hybridized carbons (Fsp3) is 0.333. The summed E-state index contributed by atoms with van der Waals surface area (Å²) in [5.41, 5.74) is 4.33. The van der Waals surface area contributed by atoms with E-state index in [2.05, 4.69) is 22.1 Å². The number of aromatic nitrogens is 2. The number of anilines is 1. The Kier molecular flexibility index (Phi) is 6.31. The number of hydrogen-bond acceptors (Lipinski definition) is 5. The van der Waals surface area contributed by atoms with Crippen molar-refractivity contribution in [3.05, 3.63) is 65.6 Å². The van der Waals surface area contributed by atoms with Crippen molar-refractivity contribution in [1.29, 1.82) is 5.26 Å². The van der Waals surface area contributed by atoms with Gasteiger partial charge in [0.2, 0.25) is 0 Å². The molecule has 0 saturated carbocycles. The number of piperidine rings is 1. The van der Waals surface area contributed by atoms with Gasteiger partial charge in [-0.1, -0.05) is 6.07 Å². The molecule has 2 aromatic carbocycles. The van der Waals surface area contributed by atoms with Gasteiger partial charge in [-0.05, 0) is 62.2 Å². The van der Waals surface area contributed by atoms with Crippen LogP contribution in [-0.2, 0) is 4.74 Å². The molecule has 0 aliphatic carbocycles. The molecule has 0 amide bonds. The first-order valence-electron chi connectivity index (χ1n) is 10.4. The number of benzene rings is 2. The summed E-state index contributed by atoms with van der Waals surface area (Å²) in [4.78, 5) is 2.33. The van der Waals surface area contributed by atoms with Gasteiger partial charge < -0.3 is 14.7 Å². The number of nitrogens with zero attached hydrogens (tertiary/aromatic N) is 4. The first-order valence-corrected chi connectivity index (χ1v) is 10.4. The minimum atomic E-state index is -0.535. The van der Waals surface area contributed by atoms with Gasteiger partial charge in [-0.3, -0.25) is 0 Å². The van der Waals surface area contributed by atoms with Crippen molar-refractivity contribution in [2.75, 3.05) is 31.2 Å². The van der Waals surface area contributed by atoms with Gasteiger partial charge >= 0.3 is 0 Å². The van der Waals surface area contributed by atoms with Crippen molar-refractivity contribution >= 4 is 5.69 Å². The average molecular weight is 420 g/mol. The normalized spacial score (nSPS) is 14.6. The molecule has 7 heteroatoms. The summed E-state index contributed by atoms with van der Waals surface area (Å²) < 4.78 is 21.6. The summed E-state index contributed by atoms with van der Waals surface area (Å²) in [6.07, 6.45) is 2.09. The second kappa shape index (κ2) is 9.29. The third-order valence-corrected chi connectivity index (χ3v) is 5.56. The molecular weight excluding hydrogens is 395 g/mol. The number of aliphatic hydroxyl groups is 1. The molecule has 1 aliphatic rings. The van der Waals surface area contributed by atoms with E-state index in [4.69, 9.17) is 15.1 Å². The van der Waals surface area contributed by atoms with Crippen molar-refractivity contribution in [3.63, 3.8) is 0 Å². The van der Waals surface area contributed by atoms with E-state index < -0.39 is 5.82 Å². The number of hydrogen-bond donors (Lipinski definition) is 1. The zero-order valence-corrected chi connectivity index (χ0v) is 17.5. The van der Waals surface area contributed by atoms with Gasteiger partial charge in [-0.15, -0.1) is 0 Å². The summed E-state index contributed by atoms with van der Waals surface area (Å²) in [5.74, 6) is -0.535. The van der Waals surface area contributed by atoms with Crippen LogP contribution in [0.3, 0.4) is 0 Å². The third-order valence-electron chi connectivity index (χ3n) is 5.56. The van der Waals surface area contributed by atoms with E-state index in [0.29, 0.717) is 12.2 Å². The highest BCUT2D eigenvalue weighted by Gasteiger charge is 2.20. The van der Waals surface area contributed by atoms with Crippen LogP contribution in [0.1, 0.15) is 24.1 Å². The maximum atomic E-state index is 14.2. The number of rotatable bonds is 6. The highest BCUT2D eigenvalue weighted by Crippen LogP contribution is 2.28. The molecule has 31 heavy (non-hydrogen) atoms. The summed E-state index contributed by atoms with van der Waals surface area (Å²) in [6, 6.07) is 16.6. The van der Waals surface area contributed by atoms with Gasteiger partial charge in [0.1, 0.15) is 11.9 Å². The standard InChI is InChI=1S/C24H25FN4O2/c1-17-14-24(18-2-3-19(16-26)23(25)15-18)29(27-17)21-6-4-20(5-7-21)28-10-8-22(9-11-28)31-13-12-30/h2-7,14-15,22,30H,8-13H2,1H3. The van der Waals surface area contributed by atoms with Crippen molar-refractivity contribution in [1.82, 2.24) is 9.78 Å². The maximum Gasteiger partial charge on any atom is 0.141 e. The van der Waals surface area contributed by atoms with E-state index in [1.165, 1.54) is 12.1 Å². The molecule has 1 aliphatic heterocycles. The number of halogens is 1. The van der Waals surface area contributed by atoms with Crippen LogP contribution in [0.15, 0.2) is 48.5 Å². The van der Waals surface area contributed by atoms with Crippen molar-refractivity contribution in [3.8, 4) is 23.0 Å². The first kappa shape index (κ1) is 21.0. The predicted molar refractivity (Wildman–Crippen MR) is 117 cm³/mol. The summed E-state index contributed by atoms with van der Waals surface area (Å²) in [5, 5.41) is 22.5. The lowest BCUT2D eigenvalue weighted by atomic mass is 10.1. The van der Waals surface area contributed by atoms with E-state index in [9.17, 15) is 4.39 Å². The Bertz CT molecular complexity index is 1080. The van der Waals surface area contributed by atoms with E-state index in [-0.39, 0.29) is 18.3 Å². The van der Waals surface area contributed by atoms with Gasteiger partial charge in [0.05, 0.1) is 42.0 Å². The smallest absolute Gasteiger partial charge is 0.141 e. The summed E-state index contributed by atoms with van der Waals surface area (Å²) in [6.45, 7) is 4.18. The third kappa shape index (κ3) is 4.61. The molecule has 3 aromatic rings. The van der Waals surface area contributed by atoms with Crippen LogP contribution in [0.2, 0.25) is 0 Å². The predicted octanol–water partition coefficient (Wildman–Crippen LogP) is 3.84. The van der Waals surface area contributed by atoms with Gasteiger partial charge in [0.25, 0.3) is 0 Å². The molecule has 1 N–H and O–H groups in total. The van der Waals surface area contributed by atoms with Crippen LogP contribution >= 0.6 is 0 Å². The second-order valence-corrected chi connectivity index (χ2v) is 7.69. The maximum absolute atomic E-state index is 14.2. The largest absolute Gasteiger partial charge is 0.394 e. The van der Waals surface area contributed by atoms with E-state index in [1.54, 1.807) is 10.7 Å². The Morgan fingerprint density at radius 2 is 1.84 bits per heavy atom. The molecule has 2 heterocycles. The van der Waals surface area contributed by atoms with Gasteiger partial charge in [0, 0.05) is 24.3 Å². The SMILES string of the molecule is Cc1cc(-c2ccc(C#N)c(F)c2)n(-c2ccc(N3CCC(OCCO)CC3)cc2)n1. The van der Waals surface area contributed by atoms with Crippen LogP contribution in [-0.4, -0.2) is 47.3 Å². The number of aliphatic hydroxyl groups excluding tert-OH is 1. The Balaban J connectivity index is 1.53. The van der Waals surface area contributed by atoms with Gasteiger partial charge in [0.15, 0.2) is 0 Å². The molecule has 0 radical (unpaired) electrons. The monoisotopic (exact) mass is 420 g/mol. The lowest BCUT2D eigenvalue weighted by Gasteiger charge is -2.33. The Morgan fingerprint density at radius 3 is 2.48 bits per heavy atom. The van der Waals surface area contributed by atoms with Gasteiger partial charge in [-0.25, -0.2) is 9.07 Å². The quantitative estimate of drug-likeness (QED) is 0.656. The number of aryl methyl sites for hydroxylation is 1. The second-order valence-electron chi connectivity index (χ2n) is 7.69. The average Bonchev–Trinajstić information content (AvgIpc) is 3.20. The number of ether oxygens (including phenoxy) is 1. The molecule has 6 nitrogen and oxygen atoms in total. The van der Waals surface area contributed by atoms with Gasteiger partial charge in [-0.2, -0.15) is 10.4 Å². The molecule has 0 atom stereocenters. The van der Waals surface area contributed by atoms with Crippen LogP contribution in [0.4, 0.5) is 10.1 Å². The molecule has 4 rings (SSSR count). The minimum Gasteiger partial charge on any atom is -0.394 e.